The van der Waals surface area contributed by atoms with Gasteiger partial charge in [0.2, 0.25) is 0 Å². The standard InChI is InChI=1S/C17H15NO2S/c1-2-11-21-16-8-4-7-15(18-16)10-9-13-5-3-6-14(12-13)17(19)20/h3-8,12H,2,11H2,1H3,(H,19,20). The Balaban J connectivity index is 2.18. The van der Waals surface area contributed by atoms with Crippen LogP contribution in [0.5, 0.6) is 0 Å². The first-order chi connectivity index (χ1) is 10.2. The molecule has 0 atom stereocenters. The topological polar surface area (TPSA) is 50.2 Å². The minimum Gasteiger partial charge on any atom is -0.478 e. The molecule has 1 heterocycles. The number of rotatable bonds is 4. The highest BCUT2D eigenvalue weighted by Gasteiger charge is 2.01. The molecular formula is C17H15NO2S. The van der Waals surface area contributed by atoms with Crippen molar-refractivity contribution < 1.29 is 9.90 Å². The predicted molar refractivity (Wildman–Crippen MR) is 84.6 cm³/mol. The lowest BCUT2D eigenvalue weighted by Crippen LogP contribution is -1.95. The third-order valence-corrected chi connectivity index (χ3v) is 3.76. The number of carboxylic acid groups (broad SMARTS) is 1. The Kier molecular flexibility index (Phi) is 5.42. The van der Waals surface area contributed by atoms with Crippen LogP contribution >= 0.6 is 11.8 Å². The summed E-state index contributed by atoms with van der Waals surface area (Å²) in [7, 11) is 0. The third-order valence-electron chi connectivity index (χ3n) is 2.62. The molecule has 0 unspecified atom stereocenters. The van der Waals surface area contributed by atoms with Gasteiger partial charge in [0.25, 0.3) is 0 Å². The van der Waals surface area contributed by atoms with Crippen LogP contribution in [0.4, 0.5) is 0 Å². The van der Waals surface area contributed by atoms with E-state index >= 15 is 0 Å². The highest BCUT2D eigenvalue weighted by molar-refractivity contribution is 7.99. The molecule has 21 heavy (non-hydrogen) atoms. The SMILES string of the molecule is CCCSc1cccc(C#Cc2cccc(C(=O)O)c2)n1. The number of nitrogens with zero attached hydrogens (tertiary/aromatic N) is 1. The van der Waals surface area contributed by atoms with Gasteiger partial charge in [-0.1, -0.05) is 25.0 Å². The van der Waals surface area contributed by atoms with Gasteiger partial charge < -0.3 is 5.11 Å². The lowest BCUT2D eigenvalue weighted by molar-refractivity contribution is 0.0697. The summed E-state index contributed by atoms with van der Waals surface area (Å²) >= 11 is 1.71. The fraction of sp³-hybridized carbons (Fsp3) is 0.176. The van der Waals surface area contributed by atoms with Crippen LogP contribution < -0.4 is 0 Å². The lowest BCUT2D eigenvalue weighted by Gasteiger charge is -1.98. The van der Waals surface area contributed by atoms with E-state index in [-0.39, 0.29) is 5.56 Å². The average molecular weight is 297 g/mol. The van der Waals surface area contributed by atoms with Crippen LogP contribution in [0.25, 0.3) is 0 Å². The van der Waals surface area contributed by atoms with E-state index in [0.29, 0.717) is 11.3 Å². The number of pyridine rings is 1. The van der Waals surface area contributed by atoms with E-state index in [1.165, 1.54) is 0 Å². The first kappa shape index (κ1) is 15.1. The molecule has 0 spiro atoms. The van der Waals surface area contributed by atoms with E-state index < -0.39 is 5.97 Å². The molecule has 0 amide bonds. The molecule has 106 valence electrons. The predicted octanol–water partition coefficient (Wildman–Crippen LogP) is 3.68. The zero-order valence-corrected chi connectivity index (χ0v) is 12.5. The van der Waals surface area contributed by atoms with Crippen molar-refractivity contribution >= 4 is 17.7 Å². The molecule has 0 radical (unpaired) electrons. The molecule has 1 aromatic carbocycles. The second kappa shape index (κ2) is 7.51. The second-order valence-corrected chi connectivity index (χ2v) is 5.46. The van der Waals surface area contributed by atoms with Gasteiger partial charge in [0, 0.05) is 5.56 Å². The summed E-state index contributed by atoms with van der Waals surface area (Å²) in [5.74, 6) is 6.01. The van der Waals surface area contributed by atoms with Crippen molar-refractivity contribution in [2.45, 2.75) is 18.4 Å². The second-order valence-electron chi connectivity index (χ2n) is 4.35. The highest BCUT2D eigenvalue weighted by atomic mass is 32.2. The Labute approximate surface area is 128 Å². The summed E-state index contributed by atoms with van der Waals surface area (Å²) in [4.78, 5) is 15.4. The summed E-state index contributed by atoms with van der Waals surface area (Å²) in [6, 6.07) is 12.3. The van der Waals surface area contributed by atoms with Crippen LogP contribution in [-0.4, -0.2) is 21.8 Å². The molecule has 0 aliphatic carbocycles. The molecule has 0 aliphatic rings. The molecule has 1 N–H and O–H groups in total. The van der Waals surface area contributed by atoms with Gasteiger partial charge in [-0.15, -0.1) is 11.8 Å². The lowest BCUT2D eigenvalue weighted by atomic mass is 10.1. The summed E-state index contributed by atoms with van der Waals surface area (Å²) in [6.45, 7) is 2.13. The molecule has 4 heteroatoms. The maximum atomic E-state index is 10.9. The summed E-state index contributed by atoms with van der Waals surface area (Å²) in [5, 5.41) is 9.91. The van der Waals surface area contributed by atoms with Gasteiger partial charge in [-0.05, 0) is 48.4 Å². The largest absolute Gasteiger partial charge is 0.478 e. The zero-order valence-electron chi connectivity index (χ0n) is 11.7. The Hall–Kier alpha value is -2.25. The molecule has 2 aromatic rings. The van der Waals surface area contributed by atoms with Gasteiger partial charge in [0.15, 0.2) is 0 Å². The van der Waals surface area contributed by atoms with Crippen molar-refractivity contribution in [3.05, 3.63) is 59.3 Å². The Bertz CT molecular complexity index is 701. The van der Waals surface area contributed by atoms with E-state index in [0.717, 1.165) is 17.2 Å². The molecule has 0 fully saturated rings. The molecular weight excluding hydrogens is 282 g/mol. The number of carbonyl (C=O) groups is 1. The fourth-order valence-corrected chi connectivity index (χ4v) is 2.39. The first-order valence-corrected chi connectivity index (χ1v) is 7.63. The van der Waals surface area contributed by atoms with Crippen LogP contribution in [0, 0.1) is 11.8 Å². The van der Waals surface area contributed by atoms with E-state index in [9.17, 15) is 4.79 Å². The quantitative estimate of drug-likeness (QED) is 0.691. The van der Waals surface area contributed by atoms with Crippen molar-refractivity contribution in [1.82, 2.24) is 4.98 Å². The smallest absolute Gasteiger partial charge is 0.335 e. The monoisotopic (exact) mass is 297 g/mol. The van der Waals surface area contributed by atoms with Gasteiger partial charge in [-0.3, -0.25) is 0 Å². The normalized spacial score (nSPS) is 9.76. The molecule has 3 nitrogen and oxygen atoms in total. The van der Waals surface area contributed by atoms with E-state index in [1.807, 2.05) is 18.2 Å². The van der Waals surface area contributed by atoms with Gasteiger partial charge in [0.05, 0.1) is 10.6 Å². The average Bonchev–Trinajstić information content (AvgIpc) is 2.51. The summed E-state index contributed by atoms with van der Waals surface area (Å²) in [6.07, 6.45) is 1.10. The van der Waals surface area contributed by atoms with Crippen molar-refractivity contribution in [2.75, 3.05) is 5.75 Å². The number of thioether (sulfide) groups is 1. The van der Waals surface area contributed by atoms with E-state index in [2.05, 4.69) is 23.7 Å². The summed E-state index contributed by atoms with van der Waals surface area (Å²) < 4.78 is 0. The van der Waals surface area contributed by atoms with Crippen molar-refractivity contribution in [3.63, 3.8) is 0 Å². The number of carboxylic acids is 1. The molecule has 0 aliphatic heterocycles. The summed E-state index contributed by atoms with van der Waals surface area (Å²) in [5.41, 5.74) is 1.60. The Morgan fingerprint density at radius 3 is 2.81 bits per heavy atom. The molecule has 2 rings (SSSR count). The number of hydrogen-bond acceptors (Lipinski definition) is 3. The van der Waals surface area contributed by atoms with Gasteiger partial charge in [-0.2, -0.15) is 0 Å². The fourth-order valence-electron chi connectivity index (χ4n) is 1.64. The zero-order chi connectivity index (χ0) is 15.1. The van der Waals surface area contributed by atoms with Crippen LogP contribution in [0.2, 0.25) is 0 Å². The van der Waals surface area contributed by atoms with Crippen LogP contribution in [0.15, 0.2) is 47.5 Å². The first-order valence-electron chi connectivity index (χ1n) is 6.64. The van der Waals surface area contributed by atoms with Gasteiger partial charge in [0.1, 0.15) is 5.69 Å². The minimum absolute atomic E-state index is 0.238. The molecule has 0 saturated carbocycles. The number of aromatic carboxylic acids is 1. The molecule has 0 bridgehead atoms. The van der Waals surface area contributed by atoms with Crippen LogP contribution in [0.1, 0.15) is 35.0 Å². The maximum absolute atomic E-state index is 10.9. The van der Waals surface area contributed by atoms with Crippen molar-refractivity contribution in [1.29, 1.82) is 0 Å². The number of benzene rings is 1. The van der Waals surface area contributed by atoms with Gasteiger partial charge in [-0.25, -0.2) is 9.78 Å². The Morgan fingerprint density at radius 1 is 1.24 bits per heavy atom. The van der Waals surface area contributed by atoms with Gasteiger partial charge >= 0.3 is 5.97 Å². The maximum Gasteiger partial charge on any atom is 0.335 e. The minimum atomic E-state index is -0.949. The third kappa shape index (κ3) is 4.66. The molecule has 0 saturated heterocycles. The van der Waals surface area contributed by atoms with Crippen molar-refractivity contribution in [2.24, 2.45) is 0 Å². The van der Waals surface area contributed by atoms with Crippen molar-refractivity contribution in [3.8, 4) is 11.8 Å². The number of hydrogen-bond donors (Lipinski definition) is 1. The van der Waals surface area contributed by atoms with E-state index in [4.69, 9.17) is 5.11 Å². The molecule has 1 aromatic heterocycles. The van der Waals surface area contributed by atoms with Crippen LogP contribution in [-0.2, 0) is 0 Å². The van der Waals surface area contributed by atoms with Crippen LogP contribution in [0.3, 0.4) is 0 Å². The highest BCUT2D eigenvalue weighted by Crippen LogP contribution is 2.15. The Morgan fingerprint density at radius 2 is 2.05 bits per heavy atom. The van der Waals surface area contributed by atoms with E-state index in [1.54, 1.807) is 36.0 Å². The number of aromatic nitrogens is 1.